The molecule has 0 saturated heterocycles. The highest BCUT2D eigenvalue weighted by Gasteiger charge is 2.21. The Morgan fingerprint density at radius 3 is 2.30 bits per heavy atom. The molecule has 0 atom stereocenters. The number of ether oxygens (including phenoxy) is 2. The summed E-state index contributed by atoms with van der Waals surface area (Å²) in [6.07, 6.45) is 0. The van der Waals surface area contributed by atoms with Crippen LogP contribution < -0.4 is 14.8 Å². The summed E-state index contributed by atoms with van der Waals surface area (Å²) in [5.41, 5.74) is 0.698. The first-order chi connectivity index (χ1) is 14.2. The van der Waals surface area contributed by atoms with Gasteiger partial charge >= 0.3 is 6.01 Å². The number of methoxy groups -OCH3 is 2. The van der Waals surface area contributed by atoms with E-state index in [0.717, 1.165) is 0 Å². The number of benzene rings is 2. The summed E-state index contributed by atoms with van der Waals surface area (Å²) in [6, 6.07) is 10.8. The molecule has 10 heteroatoms. The van der Waals surface area contributed by atoms with Crippen molar-refractivity contribution >= 4 is 21.8 Å². The van der Waals surface area contributed by atoms with Crippen molar-refractivity contribution in [1.82, 2.24) is 10.2 Å². The summed E-state index contributed by atoms with van der Waals surface area (Å²) >= 11 is 0. The van der Waals surface area contributed by atoms with Crippen molar-refractivity contribution in [2.24, 2.45) is 0 Å². The van der Waals surface area contributed by atoms with Crippen molar-refractivity contribution in [3.8, 4) is 23.0 Å². The van der Waals surface area contributed by atoms with Gasteiger partial charge < -0.3 is 13.9 Å². The first-order valence-electron chi connectivity index (χ1n) is 8.97. The molecule has 0 unspecified atom stereocenters. The highest BCUT2D eigenvalue weighted by atomic mass is 32.2. The van der Waals surface area contributed by atoms with E-state index >= 15 is 0 Å². The van der Waals surface area contributed by atoms with Gasteiger partial charge in [0.05, 0.1) is 24.4 Å². The zero-order chi connectivity index (χ0) is 21.9. The lowest BCUT2D eigenvalue weighted by Gasteiger charge is -2.08. The predicted molar refractivity (Wildman–Crippen MR) is 110 cm³/mol. The summed E-state index contributed by atoms with van der Waals surface area (Å²) in [4.78, 5) is 12.7. The van der Waals surface area contributed by atoms with Gasteiger partial charge in [-0.3, -0.25) is 10.1 Å². The Labute approximate surface area is 174 Å². The number of aromatic nitrogens is 2. The Kier molecular flexibility index (Phi) is 6.06. The monoisotopic (exact) mass is 431 g/mol. The van der Waals surface area contributed by atoms with E-state index < -0.39 is 21.0 Å². The molecule has 9 nitrogen and oxygen atoms in total. The summed E-state index contributed by atoms with van der Waals surface area (Å²) < 4.78 is 40.6. The standard InChI is InChI=1S/C20H21N3O6S/c1-12(2)30(25,26)17-7-5-6-13(10-17)19-22-23-20(29-19)21-18(24)14-8-15(27-3)11-16(9-14)28-4/h5-12H,1-4H3,(H,21,23,24). The molecule has 0 radical (unpaired) electrons. The van der Waals surface area contributed by atoms with E-state index in [4.69, 9.17) is 13.9 Å². The minimum absolute atomic E-state index is 0.0781. The lowest BCUT2D eigenvalue weighted by molar-refractivity contribution is 0.102. The highest BCUT2D eigenvalue weighted by Crippen LogP contribution is 2.26. The first kappa shape index (κ1) is 21.3. The number of nitrogens with one attached hydrogen (secondary N) is 1. The Morgan fingerprint density at radius 2 is 1.70 bits per heavy atom. The molecule has 2 aromatic carbocycles. The molecule has 158 valence electrons. The van der Waals surface area contributed by atoms with E-state index in [-0.39, 0.29) is 22.4 Å². The van der Waals surface area contributed by atoms with Gasteiger partial charge in [-0.25, -0.2) is 8.42 Å². The van der Waals surface area contributed by atoms with Crippen LogP contribution in [0, 0.1) is 0 Å². The molecule has 0 fully saturated rings. The lowest BCUT2D eigenvalue weighted by atomic mass is 10.2. The maximum atomic E-state index is 12.5. The number of rotatable bonds is 7. The molecule has 1 N–H and O–H groups in total. The van der Waals surface area contributed by atoms with Crippen LogP contribution in [0.4, 0.5) is 6.01 Å². The SMILES string of the molecule is COc1cc(OC)cc(C(=O)Nc2nnc(-c3cccc(S(=O)(=O)C(C)C)c3)o2)c1. The Morgan fingerprint density at radius 1 is 1.03 bits per heavy atom. The summed E-state index contributed by atoms with van der Waals surface area (Å²) in [7, 11) is -0.491. The van der Waals surface area contributed by atoms with Gasteiger partial charge in [0, 0.05) is 17.2 Å². The van der Waals surface area contributed by atoms with E-state index in [2.05, 4.69) is 15.5 Å². The van der Waals surface area contributed by atoms with Crippen LogP contribution in [0.25, 0.3) is 11.5 Å². The van der Waals surface area contributed by atoms with Crippen LogP contribution in [0.15, 0.2) is 51.8 Å². The third-order valence-electron chi connectivity index (χ3n) is 4.29. The number of carbonyl (C=O) groups excluding carboxylic acids is 1. The largest absolute Gasteiger partial charge is 0.497 e. The fourth-order valence-corrected chi connectivity index (χ4v) is 3.68. The van der Waals surface area contributed by atoms with Crippen LogP contribution in [-0.4, -0.2) is 44.0 Å². The molecular formula is C20H21N3O6S. The Hall–Kier alpha value is -3.40. The van der Waals surface area contributed by atoms with Crippen molar-refractivity contribution in [3.05, 3.63) is 48.0 Å². The van der Waals surface area contributed by atoms with Crippen molar-refractivity contribution < 1.29 is 27.1 Å². The Balaban J connectivity index is 1.83. The molecule has 0 aliphatic carbocycles. The molecule has 1 aromatic heterocycles. The normalized spacial score (nSPS) is 11.4. The van der Waals surface area contributed by atoms with Gasteiger partial charge in [-0.05, 0) is 44.2 Å². The zero-order valence-corrected chi connectivity index (χ0v) is 17.7. The number of amides is 1. The summed E-state index contributed by atoms with van der Waals surface area (Å²) in [6.45, 7) is 3.21. The fourth-order valence-electron chi connectivity index (χ4n) is 2.58. The van der Waals surface area contributed by atoms with Gasteiger partial charge in [-0.15, -0.1) is 5.10 Å². The van der Waals surface area contributed by atoms with Gasteiger partial charge in [0.2, 0.25) is 5.89 Å². The number of carbonyl (C=O) groups is 1. The second-order valence-corrected chi connectivity index (χ2v) is 9.09. The van der Waals surface area contributed by atoms with Gasteiger partial charge in [0.1, 0.15) is 11.5 Å². The number of sulfone groups is 1. The third kappa shape index (κ3) is 4.43. The molecule has 1 amide bonds. The van der Waals surface area contributed by atoms with Crippen molar-refractivity contribution in [1.29, 1.82) is 0 Å². The fraction of sp³-hybridized carbons (Fsp3) is 0.250. The number of hydrogen-bond acceptors (Lipinski definition) is 8. The molecule has 3 aromatic rings. The van der Waals surface area contributed by atoms with E-state index in [1.165, 1.54) is 38.5 Å². The first-order valence-corrected chi connectivity index (χ1v) is 10.5. The van der Waals surface area contributed by atoms with Crippen LogP contribution >= 0.6 is 0 Å². The molecule has 0 aliphatic heterocycles. The smallest absolute Gasteiger partial charge is 0.322 e. The molecule has 1 heterocycles. The van der Waals surface area contributed by atoms with Crippen LogP contribution in [0.1, 0.15) is 24.2 Å². The third-order valence-corrected chi connectivity index (χ3v) is 6.44. The Bertz CT molecular complexity index is 1150. The van der Waals surface area contributed by atoms with Crippen molar-refractivity contribution in [2.75, 3.05) is 19.5 Å². The zero-order valence-electron chi connectivity index (χ0n) is 16.9. The number of hydrogen-bond donors (Lipinski definition) is 1. The van der Waals surface area contributed by atoms with Crippen LogP contribution in [-0.2, 0) is 9.84 Å². The molecule has 3 rings (SSSR count). The molecule has 0 spiro atoms. The van der Waals surface area contributed by atoms with Gasteiger partial charge in [0.15, 0.2) is 9.84 Å². The molecular weight excluding hydrogens is 410 g/mol. The van der Waals surface area contributed by atoms with Crippen molar-refractivity contribution in [3.63, 3.8) is 0 Å². The average Bonchev–Trinajstić information content (AvgIpc) is 3.21. The van der Waals surface area contributed by atoms with Crippen molar-refractivity contribution in [2.45, 2.75) is 24.0 Å². The van der Waals surface area contributed by atoms with E-state index in [1.54, 1.807) is 32.0 Å². The molecule has 0 aliphatic rings. The maximum absolute atomic E-state index is 12.5. The minimum atomic E-state index is -3.45. The number of anilines is 1. The lowest BCUT2D eigenvalue weighted by Crippen LogP contribution is -2.13. The highest BCUT2D eigenvalue weighted by molar-refractivity contribution is 7.92. The molecule has 30 heavy (non-hydrogen) atoms. The van der Waals surface area contributed by atoms with E-state index in [9.17, 15) is 13.2 Å². The van der Waals surface area contributed by atoms with E-state index in [0.29, 0.717) is 17.1 Å². The van der Waals surface area contributed by atoms with Crippen LogP contribution in [0.3, 0.4) is 0 Å². The van der Waals surface area contributed by atoms with Crippen LogP contribution in [0.2, 0.25) is 0 Å². The summed E-state index contributed by atoms with van der Waals surface area (Å²) in [5, 5.41) is 9.64. The van der Waals surface area contributed by atoms with E-state index in [1.807, 2.05) is 0 Å². The summed E-state index contributed by atoms with van der Waals surface area (Å²) in [5.74, 6) is 0.482. The van der Waals surface area contributed by atoms with Gasteiger partial charge in [0.25, 0.3) is 5.91 Å². The topological polar surface area (TPSA) is 121 Å². The number of nitrogens with zero attached hydrogens (tertiary/aromatic N) is 2. The second kappa shape index (κ2) is 8.54. The van der Waals surface area contributed by atoms with Gasteiger partial charge in [-0.2, -0.15) is 0 Å². The molecule has 0 bridgehead atoms. The molecule has 0 saturated carbocycles. The quantitative estimate of drug-likeness (QED) is 0.605. The second-order valence-electron chi connectivity index (χ2n) is 6.59. The van der Waals surface area contributed by atoms with Crippen LogP contribution in [0.5, 0.6) is 11.5 Å². The van der Waals surface area contributed by atoms with Gasteiger partial charge in [-0.1, -0.05) is 11.2 Å². The average molecular weight is 431 g/mol. The minimum Gasteiger partial charge on any atom is -0.497 e. The maximum Gasteiger partial charge on any atom is 0.322 e. The predicted octanol–water partition coefficient (Wildman–Crippen LogP) is 3.19.